The second-order valence-electron chi connectivity index (χ2n) is 6.58. The molecular weight excluding hydrogens is 288 g/mol. The highest BCUT2D eigenvalue weighted by Gasteiger charge is 2.26. The quantitative estimate of drug-likeness (QED) is 0.828. The molecule has 2 aliphatic heterocycles. The monoisotopic (exact) mass is 318 g/mol. The van der Waals surface area contributed by atoms with E-state index in [1.807, 2.05) is 0 Å². The number of nitrogens with zero attached hydrogens (tertiary/aromatic N) is 2. The maximum absolute atomic E-state index is 6.07. The van der Waals surface area contributed by atoms with Gasteiger partial charge in [-0.1, -0.05) is 6.92 Å². The Balaban J connectivity index is 1.69. The molecule has 5 nitrogen and oxygen atoms in total. The van der Waals surface area contributed by atoms with Gasteiger partial charge in [0.15, 0.2) is 0 Å². The minimum Gasteiger partial charge on any atom is -0.495 e. The van der Waals surface area contributed by atoms with E-state index in [1.165, 1.54) is 37.2 Å². The summed E-state index contributed by atoms with van der Waals surface area (Å²) in [6.45, 7) is 9.09. The van der Waals surface area contributed by atoms with Crippen LogP contribution in [0.5, 0.6) is 5.75 Å². The van der Waals surface area contributed by atoms with Crippen LogP contribution in [-0.2, 0) is 6.42 Å². The zero-order valence-corrected chi connectivity index (χ0v) is 14.5. The summed E-state index contributed by atoms with van der Waals surface area (Å²) in [6.07, 6.45) is 3.49. The van der Waals surface area contributed by atoms with Crippen LogP contribution in [-0.4, -0.2) is 57.3 Å². The lowest BCUT2D eigenvalue weighted by atomic mass is 9.99. The molecule has 2 fully saturated rings. The van der Waals surface area contributed by atoms with Gasteiger partial charge in [0, 0.05) is 57.1 Å². The lowest BCUT2D eigenvalue weighted by Gasteiger charge is -2.41. The molecule has 2 saturated heterocycles. The Hall–Kier alpha value is -1.46. The fourth-order valence-electron chi connectivity index (χ4n) is 3.91. The van der Waals surface area contributed by atoms with Crippen molar-refractivity contribution >= 4 is 11.4 Å². The molecule has 1 aromatic carbocycles. The Morgan fingerprint density at radius 2 is 1.87 bits per heavy atom. The topological polar surface area (TPSA) is 53.8 Å². The molecule has 2 heterocycles. The number of nitrogens with two attached hydrogens (primary N) is 1. The number of benzene rings is 1. The first-order chi connectivity index (χ1) is 11.2. The number of ether oxygens (including phenoxy) is 1. The summed E-state index contributed by atoms with van der Waals surface area (Å²) in [5.74, 6) is 0.793. The van der Waals surface area contributed by atoms with E-state index in [4.69, 9.17) is 10.5 Å². The zero-order chi connectivity index (χ0) is 16.2. The van der Waals surface area contributed by atoms with Gasteiger partial charge in [-0.25, -0.2) is 0 Å². The van der Waals surface area contributed by atoms with E-state index in [9.17, 15) is 0 Å². The van der Waals surface area contributed by atoms with Crippen LogP contribution in [0.15, 0.2) is 12.1 Å². The van der Waals surface area contributed by atoms with Gasteiger partial charge in [-0.15, -0.1) is 0 Å². The van der Waals surface area contributed by atoms with Gasteiger partial charge in [-0.2, -0.15) is 0 Å². The molecule has 3 rings (SSSR count). The fourth-order valence-corrected chi connectivity index (χ4v) is 3.91. The molecule has 23 heavy (non-hydrogen) atoms. The van der Waals surface area contributed by atoms with Crippen LogP contribution in [0.25, 0.3) is 0 Å². The first kappa shape index (κ1) is 16.4. The van der Waals surface area contributed by atoms with Crippen LogP contribution >= 0.6 is 0 Å². The van der Waals surface area contributed by atoms with E-state index in [0.717, 1.165) is 50.1 Å². The molecule has 0 aromatic heterocycles. The van der Waals surface area contributed by atoms with Gasteiger partial charge in [-0.05, 0) is 30.9 Å². The molecule has 0 spiro atoms. The van der Waals surface area contributed by atoms with E-state index in [2.05, 4.69) is 34.2 Å². The van der Waals surface area contributed by atoms with Crippen LogP contribution in [0.3, 0.4) is 0 Å². The number of hydrogen-bond acceptors (Lipinski definition) is 5. The lowest BCUT2D eigenvalue weighted by Crippen LogP contribution is -2.52. The number of anilines is 2. The molecule has 128 valence electrons. The normalized spacial score (nSPS) is 20.7. The van der Waals surface area contributed by atoms with Crippen molar-refractivity contribution in [3.63, 3.8) is 0 Å². The summed E-state index contributed by atoms with van der Waals surface area (Å²) in [5, 5.41) is 3.44. The molecule has 0 saturated carbocycles. The maximum Gasteiger partial charge on any atom is 0.143 e. The van der Waals surface area contributed by atoms with E-state index in [-0.39, 0.29) is 0 Å². The third kappa shape index (κ3) is 3.56. The van der Waals surface area contributed by atoms with Crippen molar-refractivity contribution in [3.8, 4) is 5.75 Å². The van der Waals surface area contributed by atoms with Crippen molar-refractivity contribution in [3.05, 3.63) is 17.7 Å². The highest BCUT2D eigenvalue weighted by Crippen LogP contribution is 2.34. The Morgan fingerprint density at radius 1 is 1.17 bits per heavy atom. The minimum absolute atomic E-state index is 0.740. The number of methoxy groups -OCH3 is 1. The van der Waals surface area contributed by atoms with E-state index in [0.29, 0.717) is 0 Å². The van der Waals surface area contributed by atoms with Crippen molar-refractivity contribution in [1.82, 2.24) is 10.2 Å². The average Bonchev–Trinajstić information content (AvgIpc) is 2.62. The van der Waals surface area contributed by atoms with E-state index in [1.54, 1.807) is 7.11 Å². The Kier molecular flexibility index (Phi) is 5.28. The molecule has 0 atom stereocenters. The average molecular weight is 318 g/mol. The third-order valence-electron chi connectivity index (χ3n) is 5.29. The standard InChI is InChI=1S/C18H30N4O/c1-3-14-12-16(19)18(23-2)13-17(14)22-8-4-15(5-9-22)21-10-6-20-7-11-21/h12-13,15,20H,3-11,19H2,1-2H3. The van der Waals surface area contributed by atoms with Crippen LogP contribution in [0.2, 0.25) is 0 Å². The number of piperidine rings is 1. The molecule has 1 aromatic rings. The van der Waals surface area contributed by atoms with Crippen molar-refractivity contribution < 1.29 is 4.74 Å². The number of piperazine rings is 1. The predicted molar refractivity (Wildman–Crippen MR) is 96.5 cm³/mol. The van der Waals surface area contributed by atoms with E-state index < -0.39 is 0 Å². The fraction of sp³-hybridized carbons (Fsp3) is 0.667. The van der Waals surface area contributed by atoms with Crippen LogP contribution in [0.4, 0.5) is 11.4 Å². The summed E-state index contributed by atoms with van der Waals surface area (Å²) in [7, 11) is 1.69. The molecule has 2 aliphatic rings. The van der Waals surface area contributed by atoms with Gasteiger partial charge in [0.25, 0.3) is 0 Å². The summed E-state index contributed by atoms with van der Waals surface area (Å²) < 4.78 is 5.43. The summed E-state index contributed by atoms with van der Waals surface area (Å²) in [4.78, 5) is 5.18. The Labute approximate surface area is 139 Å². The summed E-state index contributed by atoms with van der Waals surface area (Å²) >= 11 is 0. The second-order valence-corrected chi connectivity index (χ2v) is 6.58. The first-order valence-corrected chi connectivity index (χ1v) is 8.89. The van der Waals surface area contributed by atoms with Crippen LogP contribution in [0, 0.1) is 0 Å². The predicted octanol–water partition coefficient (Wildman–Crippen LogP) is 1.71. The van der Waals surface area contributed by atoms with Crippen molar-refractivity contribution in [2.24, 2.45) is 0 Å². The minimum atomic E-state index is 0.740. The second kappa shape index (κ2) is 7.41. The number of hydrogen-bond donors (Lipinski definition) is 2. The van der Waals surface area contributed by atoms with Gasteiger partial charge >= 0.3 is 0 Å². The van der Waals surface area contributed by atoms with Gasteiger partial charge < -0.3 is 20.7 Å². The molecule has 0 radical (unpaired) electrons. The van der Waals surface area contributed by atoms with Gasteiger partial charge in [0.05, 0.1) is 12.8 Å². The number of aryl methyl sites for hydroxylation is 1. The number of rotatable bonds is 4. The van der Waals surface area contributed by atoms with Crippen molar-refractivity contribution in [2.75, 3.05) is 57.0 Å². The molecule has 3 N–H and O–H groups in total. The van der Waals surface area contributed by atoms with Crippen molar-refractivity contribution in [1.29, 1.82) is 0 Å². The molecule has 0 unspecified atom stereocenters. The Morgan fingerprint density at radius 3 is 2.48 bits per heavy atom. The zero-order valence-electron chi connectivity index (χ0n) is 14.5. The number of nitrogens with one attached hydrogen (secondary N) is 1. The third-order valence-corrected chi connectivity index (χ3v) is 5.29. The maximum atomic E-state index is 6.07. The van der Waals surface area contributed by atoms with Crippen LogP contribution in [0.1, 0.15) is 25.3 Å². The van der Waals surface area contributed by atoms with Crippen molar-refractivity contribution in [2.45, 2.75) is 32.2 Å². The van der Waals surface area contributed by atoms with Gasteiger partial charge in [0.1, 0.15) is 5.75 Å². The smallest absolute Gasteiger partial charge is 0.143 e. The summed E-state index contributed by atoms with van der Waals surface area (Å²) in [5.41, 5.74) is 9.44. The largest absolute Gasteiger partial charge is 0.495 e. The highest BCUT2D eigenvalue weighted by molar-refractivity contribution is 5.67. The Bertz CT molecular complexity index is 520. The number of nitrogen functional groups attached to an aromatic ring is 1. The van der Waals surface area contributed by atoms with Crippen LogP contribution < -0.4 is 20.7 Å². The molecule has 0 aliphatic carbocycles. The van der Waals surface area contributed by atoms with E-state index >= 15 is 0 Å². The molecule has 5 heteroatoms. The highest BCUT2D eigenvalue weighted by atomic mass is 16.5. The molecular formula is C18H30N4O. The molecule has 0 amide bonds. The summed E-state index contributed by atoms with van der Waals surface area (Å²) in [6, 6.07) is 4.95. The first-order valence-electron chi connectivity index (χ1n) is 8.89. The lowest BCUT2D eigenvalue weighted by molar-refractivity contribution is 0.150. The van der Waals surface area contributed by atoms with Gasteiger partial charge in [0.2, 0.25) is 0 Å². The molecule has 0 bridgehead atoms. The van der Waals surface area contributed by atoms with Gasteiger partial charge in [-0.3, -0.25) is 4.90 Å². The SMILES string of the molecule is CCc1cc(N)c(OC)cc1N1CCC(N2CCNCC2)CC1.